The Balaban J connectivity index is 1.66. The van der Waals surface area contributed by atoms with Gasteiger partial charge >= 0.3 is 0 Å². The number of rotatable bonds is 4. The third-order valence-corrected chi connectivity index (χ3v) is 6.77. The Morgan fingerprint density at radius 1 is 1.11 bits per heavy atom. The van der Waals surface area contributed by atoms with Gasteiger partial charge in [0, 0.05) is 6.54 Å². The highest BCUT2D eigenvalue weighted by atomic mass is 16.3. The summed E-state index contributed by atoms with van der Waals surface area (Å²) in [5.41, 5.74) is 3.80. The van der Waals surface area contributed by atoms with Crippen molar-refractivity contribution in [3.63, 3.8) is 0 Å². The lowest BCUT2D eigenvalue weighted by molar-refractivity contribution is -0.133. The van der Waals surface area contributed by atoms with Crippen LogP contribution in [0, 0.1) is 24.7 Å². The first-order valence-electron chi connectivity index (χ1n) is 10.5. The fourth-order valence-electron chi connectivity index (χ4n) is 4.94. The summed E-state index contributed by atoms with van der Waals surface area (Å²) >= 11 is 0. The number of nitrogens with zero attached hydrogens (tertiary/aromatic N) is 1. The zero-order chi connectivity index (χ0) is 20.0. The first-order valence-corrected chi connectivity index (χ1v) is 10.5. The Morgan fingerprint density at radius 2 is 1.82 bits per heavy atom. The summed E-state index contributed by atoms with van der Waals surface area (Å²) in [4.78, 5) is 27.7. The van der Waals surface area contributed by atoms with Gasteiger partial charge in [-0.1, -0.05) is 36.2 Å². The number of hydrogen-bond acceptors (Lipinski definition) is 5. The second-order valence-electron chi connectivity index (χ2n) is 8.74. The molecule has 1 saturated carbocycles. The molecule has 2 N–H and O–H groups in total. The number of Topliss-reactive ketones (excluding diaryl/α,β-unsaturated/α-hetero) is 2. The zero-order valence-electron chi connectivity index (χ0n) is 16.9. The number of carbonyl (C=O) groups excluding carboxylic acids is 2. The van der Waals surface area contributed by atoms with E-state index in [4.69, 9.17) is 0 Å². The molecule has 2 aliphatic carbocycles. The molecule has 0 bridgehead atoms. The van der Waals surface area contributed by atoms with Crippen molar-refractivity contribution in [1.82, 2.24) is 10.2 Å². The number of nitrogens with one attached hydrogen (secondary N) is 1. The first-order chi connectivity index (χ1) is 13.4. The molecule has 0 amide bonds. The molecule has 5 atom stereocenters. The molecule has 0 spiro atoms. The number of aliphatic hydroxyl groups excluding tert-OH is 1. The predicted molar refractivity (Wildman–Crippen MR) is 107 cm³/mol. The van der Waals surface area contributed by atoms with Gasteiger partial charge in [-0.2, -0.15) is 0 Å². The van der Waals surface area contributed by atoms with Crippen molar-refractivity contribution in [3.8, 4) is 0 Å². The highest BCUT2D eigenvalue weighted by Crippen LogP contribution is 2.39. The number of ketones is 2. The second kappa shape index (κ2) is 7.36. The summed E-state index contributed by atoms with van der Waals surface area (Å²) < 4.78 is 0. The fraction of sp³-hybridized carbons (Fsp3) is 0.565. The van der Waals surface area contributed by atoms with Crippen LogP contribution in [0.1, 0.15) is 50.7 Å². The molecule has 1 aromatic rings. The number of allylic oxidation sites excluding steroid dienone is 2. The summed E-state index contributed by atoms with van der Waals surface area (Å²) in [5.74, 6) is -0.730. The lowest BCUT2D eigenvalue weighted by Crippen LogP contribution is -2.41. The molecule has 150 valence electrons. The lowest BCUT2D eigenvalue weighted by atomic mass is 9.82. The SMILES string of the molecule is Cc1ccc(CN2C3=C(NC2C[C@@H]2CCCC2O)C(C)C(=O)C(C)C3=O)cc1. The molecule has 0 aromatic heterocycles. The largest absolute Gasteiger partial charge is 0.393 e. The van der Waals surface area contributed by atoms with Crippen LogP contribution in [0.5, 0.6) is 0 Å². The molecule has 1 aliphatic heterocycles. The van der Waals surface area contributed by atoms with E-state index in [0.717, 1.165) is 36.9 Å². The van der Waals surface area contributed by atoms with E-state index in [1.54, 1.807) is 6.92 Å². The van der Waals surface area contributed by atoms with Crippen LogP contribution in [0.25, 0.3) is 0 Å². The molecule has 4 rings (SSSR count). The standard InChI is InChI=1S/C23H30N2O3/c1-13-7-9-16(10-8-13)12-25-19(11-17-5-4-6-18(17)26)24-20-14(2)22(27)15(3)23(28)21(20)25/h7-10,14-15,17-19,24,26H,4-6,11-12H2,1-3H3/t14?,15?,17-,18?,19?/m0/s1. The van der Waals surface area contributed by atoms with Crippen molar-refractivity contribution < 1.29 is 14.7 Å². The van der Waals surface area contributed by atoms with Gasteiger partial charge in [0.05, 0.1) is 29.8 Å². The van der Waals surface area contributed by atoms with E-state index in [9.17, 15) is 14.7 Å². The maximum atomic E-state index is 13.1. The summed E-state index contributed by atoms with van der Waals surface area (Å²) in [5, 5.41) is 13.8. The Labute approximate surface area is 166 Å². The number of benzene rings is 1. The van der Waals surface area contributed by atoms with Crippen molar-refractivity contribution in [1.29, 1.82) is 0 Å². The van der Waals surface area contributed by atoms with Crippen LogP contribution in [0.3, 0.4) is 0 Å². The van der Waals surface area contributed by atoms with Crippen LogP contribution < -0.4 is 5.32 Å². The van der Waals surface area contributed by atoms with Gasteiger partial charge in [0.2, 0.25) is 0 Å². The minimum Gasteiger partial charge on any atom is -0.393 e. The van der Waals surface area contributed by atoms with Crippen molar-refractivity contribution in [3.05, 3.63) is 46.8 Å². The molecular weight excluding hydrogens is 352 g/mol. The first kappa shape index (κ1) is 19.2. The molecule has 0 radical (unpaired) electrons. The Morgan fingerprint density at radius 3 is 2.46 bits per heavy atom. The van der Waals surface area contributed by atoms with Gasteiger partial charge in [-0.3, -0.25) is 9.59 Å². The van der Waals surface area contributed by atoms with E-state index in [0.29, 0.717) is 12.2 Å². The smallest absolute Gasteiger partial charge is 0.190 e. The zero-order valence-corrected chi connectivity index (χ0v) is 16.9. The third-order valence-electron chi connectivity index (χ3n) is 6.77. The van der Waals surface area contributed by atoms with Gasteiger partial charge in [-0.15, -0.1) is 0 Å². The maximum absolute atomic E-state index is 13.1. The van der Waals surface area contributed by atoms with E-state index in [2.05, 4.69) is 41.4 Å². The molecule has 5 heteroatoms. The Hall–Kier alpha value is -2.14. The van der Waals surface area contributed by atoms with Gasteiger partial charge in [-0.05, 0) is 51.5 Å². The molecule has 1 fully saturated rings. The summed E-state index contributed by atoms with van der Waals surface area (Å²) in [6, 6.07) is 8.37. The normalized spacial score (nSPS) is 32.7. The molecule has 3 aliphatic rings. The van der Waals surface area contributed by atoms with Crippen LogP contribution >= 0.6 is 0 Å². The molecule has 0 saturated heterocycles. The lowest BCUT2D eigenvalue weighted by Gasteiger charge is -2.32. The van der Waals surface area contributed by atoms with Crippen molar-refractivity contribution in [2.75, 3.05) is 0 Å². The molecule has 4 unspecified atom stereocenters. The van der Waals surface area contributed by atoms with Gasteiger partial charge in [0.15, 0.2) is 11.6 Å². The minimum absolute atomic E-state index is 0.00640. The van der Waals surface area contributed by atoms with E-state index in [1.807, 2.05) is 6.92 Å². The van der Waals surface area contributed by atoms with E-state index in [-0.39, 0.29) is 35.7 Å². The Kier molecular flexibility index (Phi) is 5.04. The number of aryl methyl sites for hydroxylation is 1. The molecular formula is C23H30N2O3. The van der Waals surface area contributed by atoms with Gasteiger partial charge < -0.3 is 15.3 Å². The van der Waals surface area contributed by atoms with Gasteiger partial charge in [0.25, 0.3) is 0 Å². The Bertz CT molecular complexity index is 814. The number of carbonyl (C=O) groups is 2. The highest BCUT2D eigenvalue weighted by Gasteiger charge is 2.47. The van der Waals surface area contributed by atoms with E-state index >= 15 is 0 Å². The summed E-state index contributed by atoms with van der Waals surface area (Å²) in [6.07, 6.45) is 3.37. The van der Waals surface area contributed by atoms with Crippen molar-refractivity contribution in [2.24, 2.45) is 17.8 Å². The number of hydrogen-bond donors (Lipinski definition) is 2. The molecule has 28 heavy (non-hydrogen) atoms. The average molecular weight is 383 g/mol. The maximum Gasteiger partial charge on any atom is 0.190 e. The third kappa shape index (κ3) is 3.26. The summed E-state index contributed by atoms with van der Waals surface area (Å²) in [6.45, 7) is 6.30. The van der Waals surface area contributed by atoms with Crippen LogP contribution in [0.15, 0.2) is 35.7 Å². The van der Waals surface area contributed by atoms with Gasteiger partial charge in [0.1, 0.15) is 5.70 Å². The van der Waals surface area contributed by atoms with Crippen molar-refractivity contribution >= 4 is 11.6 Å². The minimum atomic E-state index is -0.591. The van der Waals surface area contributed by atoms with Crippen LogP contribution in [0.4, 0.5) is 0 Å². The topological polar surface area (TPSA) is 69.6 Å². The molecule has 1 heterocycles. The fourth-order valence-corrected chi connectivity index (χ4v) is 4.94. The van der Waals surface area contributed by atoms with E-state index < -0.39 is 5.92 Å². The quantitative estimate of drug-likeness (QED) is 0.784. The van der Waals surface area contributed by atoms with Crippen molar-refractivity contribution in [2.45, 2.75) is 65.3 Å². The van der Waals surface area contributed by atoms with Gasteiger partial charge in [-0.25, -0.2) is 0 Å². The second-order valence-corrected chi connectivity index (χ2v) is 8.74. The molecule has 1 aromatic carbocycles. The number of aliphatic hydroxyl groups is 1. The molecule has 5 nitrogen and oxygen atoms in total. The predicted octanol–water partition coefficient (Wildman–Crippen LogP) is 2.91. The van der Waals surface area contributed by atoms with Crippen LogP contribution in [-0.2, 0) is 16.1 Å². The monoisotopic (exact) mass is 382 g/mol. The van der Waals surface area contributed by atoms with E-state index in [1.165, 1.54) is 5.56 Å². The summed E-state index contributed by atoms with van der Waals surface area (Å²) in [7, 11) is 0. The average Bonchev–Trinajstić information content (AvgIpc) is 3.24. The van der Waals surface area contributed by atoms with Crippen LogP contribution in [0.2, 0.25) is 0 Å². The van der Waals surface area contributed by atoms with Crippen LogP contribution in [-0.4, -0.2) is 33.8 Å². The highest BCUT2D eigenvalue weighted by molar-refractivity contribution is 6.14.